The third-order valence-corrected chi connectivity index (χ3v) is 4.02. The number of hydrogen-bond acceptors (Lipinski definition) is 3. The van der Waals surface area contributed by atoms with Crippen LogP contribution in [0.3, 0.4) is 0 Å². The number of amides is 1. The molecule has 1 aliphatic carbocycles. The first-order valence-electron chi connectivity index (χ1n) is 7.41. The van der Waals surface area contributed by atoms with Gasteiger partial charge in [-0.15, -0.1) is 0 Å². The molecule has 1 heterocycles. The van der Waals surface area contributed by atoms with Crippen LogP contribution in [0.5, 0.6) is 0 Å². The summed E-state index contributed by atoms with van der Waals surface area (Å²) in [5.41, 5.74) is 0. The average Bonchev–Trinajstić information content (AvgIpc) is 2.92. The standard InChI is InChI=1S/C16H23NO4/c1-10(7-16(19)20)6-15(18)17(3)9-12-4-5-14(21-12)13-8-11(13)2/h4-5,10-11,13H,6-9H2,1-3H3,(H,19,20). The summed E-state index contributed by atoms with van der Waals surface area (Å²) in [4.78, 5) is 24.2. The van der Waals surface area contributed by atoms with Crippen molar-refractivity contribution < 1.29 is 19.1 Å². The van der Waals surface area contributed by atoms with Crippen LogP contribution in [0.2, 0.25) is 0 Å². The molecule has 5 heteroatoms. The van der Waals surface area contributed by atoms with Crippen LogP contribution in [0.15, 0.2) is 16.5 Å². The van der Waals surface area contributed by atoms with E-state index >= 15 is 0 Å². The summed E-state index contributed by atoms with van der Waals surface area (Å²) < 4.78 is 5.78. The van der Waals surface area contributed by atoms with Gasteiger partial charge in [-0.1, -0.05) is 13.8 Å². The Balaban J connectivity index is 1.82. The van der Waals surface area contributed by atoms with Crippen molar-refractivity contribution in [1.82, 2.24) is 4.90 Å². The first kappa shape index (κ1) is 15.6. The highest BCUT2D eigenvalue weighted by Gasteiger charge is 2.36. The normalized spacial score (nSPS) is 21.9. The van der Waals surface area contributed by atoms with E-state index in [9.17, 15) is 9.59 Å². The Morgan fingerprint density at radius 3 is 2.67 bits per heavy atom. The monoisotopic (exact) mass is 293 g/mol. The molecule has 21 heavy (non-hydrogen) atoms. The highest BCUT2D eigenvalue weighted by atomic mass is 16.4. The van der Waals surface area contributed by atoms with E-state index < -0.39 is 5.97 Å². The van der Waals surface area contributed by atoms with Crippen LogP contribution in [0.4, 0.5) is 0 Å². The molecule has 0 radical (unpaired) electrons. The first-order chi connectivity index (χ1) is 9.86. The molecule has 5 nitrogen and oxygen atoms in total. The van der Waals surface area contributed by atoms with E-state index in [1.54, 1.807) is 18.9 Å². The molecule has 3 unspecified atom stereocenters. The van der Waals surface area contributed by atoms with Gasteiger partial charge >= 0.3 is 5.97 Å². The summed E-state index contributed by atoms with van der Waals surface area (Å²) in [5.74, 6) is 1.95. The molecule has 2 rings (SSSR count). The van der Waals surface area contributed by atoms with Crippen molar-refractivity contribution in [2.75, 3.05) is 7.05 Å². The van der Waals surface area contributed by atoms with Crippen LogP contribution < -0.4 is 0 Å². The minimum Gasteiger partial charge on any atom is -0.481 e. The van der Waals surface area contributed by atoms with Crippen molar-refractivity contribution in [1.29, 1.82) is 0 Å². The third kappa shape index (κ3) is 4.34. The molecule has 1 fully saturated rings. The maximum atomic E-state index is 12.0. The van der Waals surface area contributed by atoms with Gasteiger partial charge in [0.2, 0.25) is 5.91 Å². The second-order valence-electron chi connectivity index (χ2n) is 6.28. The predicted octanol–water partition coefficient (Wildman–Crippen LogP) is 2.86. The number of furan rings is 1. The van der Waals surface area contributed by atoms with Crippen LogP contribution in [0.25, 0.3) is 0 Å². The molecular formula is C16H23NO4. The number of carboxylic acids is 1. The molecule has 0 aromatic carbocycles. The van der Waals surface area contributed by atoms with E-state index in [1.165, 1.54) is 6.42 Å². The number of hydrogen-bond donors (Lipinski definition) is 1. The summed E-state index contributed by atoms with van der Waals surface area (Å²) >= 11 is 0. The summed E-state index contributed by atoms with van der Waals surface area (Å²) in [5, 5.41) is 8.71. The Bertz CT molecular complexity index is 522. The van der Waals surface area contributed by atoms with E-state index in [2.05, 4.69) is 6.92 Å². The molecule has 1 N–H and O–H groups in total. The molecule has 0 bridgehead atoms. The van der Waals surface area contributed by atoms with E-state index in [-0.39, 0.29) is 24.7 Å². The lowest BCUT2D eigenvalue weighted by Crippen LogP contribution is -2.27. The summed E-state index contributed by atoms with van der Waals surface area (Å²) in [6, 6.07) is 3.92. The SMILES string of the molecule is CC(CC(=O)O)CC(=O)N(C)Cc1ccc(C2CC2C)o1. The Morgan fingerprint density at radius 1 is 1.43 bits per heavy atom. The largest absolute Gasteiger partial charge is 0.481 e. The topological polar surface area (TPSA) is 70.8 Å². The van der Waals surface area contributed by atoms with Gasteiger partial charge in [0.05, 0.1) is 6.54 Å². The van der Waals surface area contributed by atoms with Crippen LogP contribution in [0, 0.1) is 11.8 Å². The predicted molar refractivity (Wildman–Crippen MR) is 77.7 cm³/mol. The molecule has 1 aliphatic rings. The molecule has 3 atom stereocenters. The molecule has 0 aliphatic heterocycles. The van der Waals surface area contributed by atoms with Crippen molar-refractivity contribution in [2.24, 2.45) is 11.8 Å². The van der Waals surface area contributed by atoms with Crippen molar-refractivity contribution in [3.8, 4) is 0 Å². The van der Waals surface area contributed by atoms with Crippen molar-refractivity contribution in [3.05, 3.63) is 23.7 Å². The Morgan fingerprint density at radius 2 is 2.10 bits per heavy atom. The Hall–Kier alpha value is -1.78. The van der Waals surface area contributed by atoms with Gasteiger partial charge < -0.3 is 14.4 Å². The van der Waals surface area contributed by atoms with E-state index in [4.69, 9.17) is 9.52 Å². The van der Waals surface area contributed by atoms with Crippen molar-refractivity contribution in [3.63, 3.8) is 0 Å². The zero-order chi connectivity index (χ0) is 15.6. The molecular weight excluding hydrogens is 270 g/mol. The lowest BCUT2D eigenvalue weighted by Gasteiger charge is -2.17. The lowest BCUT2D eigenvalue weighted by molar-refractivity contribution is -0.138. The van der Waals surface area contributed by atoms with E-state index in [1.807, 2.05) is 12.1 Å². The number of aliphatic carboxylic acids is 1. The highest BCUT2D eigenvalue weighted by Crippen LogP contribution is 2.47. The van der Waals surface area contributed by atoms with E-state index in [0.29, 0.717) is 18.4 Å². The minimum absolute atomic E-state index is 0.0179. The zero-order valence-corrected chi connectivity index (χ0v) is 12.8. The van der Waals surface area contributed by atoms with Gasteiger partial charge in [-0.05, 0) is 30.4 Å². The average molecular weight is 293 g/mol. The van der Waals surface area contributed by atoms with Gasteiger partial charge in [0.1, 0.15) is 11.5 Å². The maximum absolute atomic E-state index is 12.0. The number of carbonyl (C=O) groups is 2. The van der Waals surface area contributed by atoms with Gasteiger partial charge in [0.25, 0.3) is 0 Å². The quantitative estimate of drug-likeness (QED) is 0.839. The second-order valence-corrected chi connectivity index (χ2v) is 6.28. The van der Waals surface area contributed by atoms with Gasteiger partial charge in [-0.25, -0.2) is 0 Å². The van der Waals surface area contributed by atoms with E-state index in [0.717, 1.165) is 11.5 Å². The van der Waals surface area contributed by atoms with Gasteiger partial charge in [-0.3, -0.25) is 9.59 Å². The summed E-state index contributed by atoms with van der Waals surface area (Å²) in [7, 11) is 1.72. The van der Waals surface area contributed by atoms with Crippen molar-refractivity contribution >= 4 is 11.9 Å². The van der Waals surface area contributed by atoms with Crippen LogP contribution in [-0.4, -0.2) is 28.9 Å². The van der Waals surface area contributed by atoms with Crippen LogP contribution in [-0.2, 0) is 16.1 Å². The minimum atomic E-state index is -0.868. The number of carboxylic acid groups (broad SMARTS) is 1. The smallest absolute Gasteiger partial charge is 0.303 e. The molecule has 1 saturated carbocycles. The molecule has 0 spiro atoms. The number of nitrogens with zero attached hydrogens (tertiary/aromatic N) is 1. The molecule has 1 amide bonds. The fraction of sp³-hybridized carbons (Fsp3) is 0.625. The lowest BCUT2D eigenvalue weighted by atomic mass is 10.0. The maximum Gasteiger partial charge on any atom is 0.303 e. The third-order valence-electron chi connectivity index (χ3n) is 4.02. The molecule has 0 saturated heterocycles. The Kier molecular flexibility index (Phi) is 4.70. The molecule has 1 aromatic rings. The highest BCUT2D eigenvalue weighted by molar-refractivity contribution is 5.77. The van der Waals surface area contributed by atoms with Crippen LogP contribution >= 0.6 is 0 Å². The number of rotatable bonds is 7. The van der Waals surface area contributed by atoms with Gasteiger partial charge in [-0.2, -0.15) is 0 Å². The number of carbonyl (C=O) groups excluding carboxylic acids is 1. The Labute approximate surface area is 124 Å². The molecule has 1 aromatic heterocycles. The molecule has 116 valence electrons. The fourth-order valence-corrected chi connectivity index (χ4v) is 2.54. The summed E-state index contributed by atoms with van der Waals surface area (Å²) in [6.07, 6.45) is 1.44. The van der Waals surface area contributed by atoms with Gasteiger partial charge in [0.15, 0.2) is 0 Å². The fourth-order valence-electron chi connectivity index (χ4n) is 2.54. The first-order valence-corrected chi connectivity index (χ1v) is 7.41. The van der Waals surface area contributed by atoms with Gasteiger partial charge in [0, 0.05) is 25.8 Å². The zero-order valence-electron chi connectivity index (χ0n) is 12.8. The second kappa shape index (κ2) is 6.33. The summed E-state index contributed by atoms with van der Waals surface area (Å²) in [6.45, 7) is 4.41. The van der Waals surface area contributed by atoms with Crippen LogP contribution in [0.1, 0.15) is 50.5 Å². The van der Waals surface area contributed by atoms with Crippen molar-refractivity contribution in [2.45, 2.75) is 45.6 Å².